The number of nitrogens with zero attached hydrogens (tertiary/aromatic N) is 1. The Morgan fingerprint density at radius 3 is 2.35 bits per heavy atom. The van der Waals surface area contributed by atoms with Crippen molar-refractivity contribution >= 4 is 24.0 Å². The van der Waals surface area contributed by atoms with Gasteiger partial charge in [-0.05, 0) is 50.2 Å². The maximum Gasteiger partial charge on any atom is 0.0734 e. The van der Waals surface area contributed by atoms with E-state index in [9.17, 15) is 5.11 Å². The SMILES string of the molecule is CN(C)C(c1ccc(Cl)cc1)C1CCCCC1(O)Cc1ccccc1.Cl. The molecule has 0 aromatic heterocycles. The highest BCUT2D eigenvalue weighted by molar-refractivity contribution is 6.30. The van der Waals surface area contributed by atoms with Gasteiger partial charge in [-0.25, -0.2) is 0 Å². The van der Waals surface area contributed by atoms with E-state index in [4.69, 9.17) is 11.6 Å². The van der Waals surface area contributed by atoms with Crippen molar-refractivity contribution < 1.29 is 5.11 Å². The van der Waals surface area contributed by atoms with Crippen molar-refractivity contribution in [2.24, 2.45) is 5.92 Å². The molecule has 1 aliphatic carbocycles. The van der Waals surface area contributed by atoms with Crippen molar-refractivity contribution in [3.8, 4) is 0 Å². The molecule has 2 aromatic carbocycles. The van der Waals surface area contributed by atoms with Crippen LogP contribution in [0.5, 0.6) is 0 Å². The summed E-state index contributed by atoms with van der Waals surface area (Å²) in [5, 5.41) is 12.4. The summed E-state index contributed by atoms with van der Waals surface area (Å²) in [4.78, 5) is 2.25. The smallest absolute Gasteiger partial charge is 0.0734 e. The van der Waals surface area contributed by atoms with Gasteiger partial charge < -0.3 is 10.0 Å². The van der Waals surface area contributed by atoms with E-state index in [-0.39, 0.29) is 24.4 Å². The van der Waals surface area contributed by atoms with Crippen LogP contribution in [0.4, 0.5) is 0 Å². The maximum absolute atomic E-state index is 11.7. The number of rotatable bonds is 5. The first-order valence-corrected chi connectivity index (χ1v) is 9.55. The van der Waals surface area contributed by atoms with E-state index in [0.717, 1.165) is 30.7 Å². The van der Waals surface area contributed by atoms with E-state index in [0.29, 0.717) is 0 Å². The molecule has 0 spiro atoms. The van der Waals surface area contributed by atoms with Crippen molar-refractivity contribution in [2.75, 3.05) is 14.1 Å². The maximum atomic E-state index is 11.7. The molecule has 1 saturated carbocycles. The molecular formula is C22H29Cl2NO. The van der Waals surface area contributed by atoms with E-state index >= 15 is 0 Å². The Morgan fingerprint density at radius 1 is 1.08 bits per heavy atom. The molecule has 0 radical (unpaired) electrons. The molecule has 3 atom stereocenters. The van der Waals surface area contributed by atoms with E-state index in [1.165, 1.54) is 17.5 Å². The summed E-state index contributed by atoms with van der Waals surface area (Å²) in [6, 6.07) is 18.7. The second-order valence-electron chi connectivity index (χ2n) is 7.58. The third-order valence-corrected chi connectivity index (χ3v) is 5.82. The van der Waals surface area contributed by atoms with E-state index in [2.05, 4.69) is 55.4 Å². The Bertz CT molecular complexity index is 674. The van der Waals surface area contributed by atoms with Gasteiger partial charge in [-0.15, -0.1) is 12.4 Å². The van der Waals surface area contributed by atoms with E-state index in [1.54, 1.807) is 0 Å². The van der Waals surface area contributed by atoms with Crippen LogP contribution in [0, 0.1) is 5.92 Å². The zero-order chi connectivity index (χ0) is 17.9. The lowest BCUT2D eigenvalue weighted by Crippen LogP contribution is -2.48. The summed E-state index contributed by atoms with van der Waals surface area (Å²) >= 11 is 6.08. The summed E-state index contributed by atoms with van der Waals surface area (Å²) in [5.74, 6) is 0.206. The summed E-state index contributed by atoms with van der Waals surface area (Å²) in [5.41, 5.74) is 1.77. The normalized spacial score (nSPS) is 24.1. The molecule has 1 N–H and O–H groups in total. The van der Waals surface area contributed by atoms with Crippen LogP contribution >= 0.6 is 24.0 Å². The van der Waals surface area contributed by atoms with Crippen molar-refractivity contribution in [1.29, 1.82) is 0 Å². The Hall–Kier alpha value is -1.06. The summed E-state index contributed by atoms with van der Waals surface area (Å²) in [7, 11) is 4.22. The average Bonchev–Trinajstić information content (AvgIpc) is 2.59. The van der Waals surface area contributed by atoms with Crippen LogP contribution in [0.2, 0.25) is 5.02 Å². The number of benzene rings is 2. The summed E-state index contributed by atoms with van der Waals surface area (Å²) in [6.07, 6.45) is 4.91. The fourth-order valence-corrected chi connectivity index (χ4v) is 4.55. The molecule has 3 rings (SSSR count). The van der Waals surface area contributed by atoms with Gasteiger partial charge in [0.1, 0.15) is 0 Å². The number of aliphatic hydroxyl groups is 1. The lowest BCUT2D eigenvalue weighted by Gasteiger charge is -2.46. The molecule has 0 bridgehead atoms. The third-order valence-electron chi connectivity index (χ3n) is 5.57. The zero-order valence-corrected chi connectivity index (χ0v) is 17.1. The largest absolute Gasteiger partial charge is 0.389 e. The highest BCUT2D eigenvalue weighted by Gasteiger charge is 2.44. The van der Waals surface area contributed by atoms with Crippen LogP contribution < -0.4 is 0 Å². The van der Waals surface area contributed by atoms with E-state index < -0.39 is 5.60 Å². The molecule has 0 heterocycles. The molecule has 2 aromatic rings. The Morgan fingerprint density at radius 2 is 1.73 bits per heavy atom. The van der Waals surface area contributed by atoms with Gasteiger partial charge in [0.15, 0.2) is 0 Å². The van der Waals surface area contributed by atoms with Gasteiger partial charge in [0.05, 0.1) is 5.60 Å². The topological polar surface area (TPSA) is 23.5 Å². The van der Waals surface area contributed by atoms with Crippen LogP contribution in [0.25, 0.3) is 0 Å². The molecule has 4 heteroatoms. The fraction of sp³-hybridized carbons (Fsp3) is 0.455. The lowest BCUT2D eigenvalue weighted by molar-refractivity contribution is -0.0770. The first-order valence-electron chi connectivity index (χ1n) is 9.18. The van der Waals surface area contributed by atoms with Gasteiger partial charge in [-0.2, -0.15) is 0 Å². The van der Waals surface area contributed by atoms with E-state index in [1.807, 2.05) is 18.2 Å². The highest BCUT2D eigenvalue weighted by atomic mass is 35.5. The van der Waals surface area contributed by atoms with Crippen molar-refractivity contribution in [2.45, 2.75) is 43.7 Å². The second kappa shape index (κ2) is 9.23. The monoisotopic (exact) mass is 393 g/mol. The molecule has 142 valence electrons. The van der Waals surface area contributed by atoms with Crippen LogP contribution in [0.15, 0.2) is 54.6 Å². The Kier molecular flexibility index (Phi) is 7.54. The minimum Gasteiger partial charge on any atom is -0.389 e. The van der Waals surface area contributed by atoms with Crippen molar-refractivity contribution in [3.05, 3.63) is 70.7 Å². The van der Waals surface area contributed by atoms with Crippen molar-refractivity contribution in [1.82, 2.24) is 4.90 Å². The highest BCUT2D eigenvalue weighted by Crippen LogP contribution is 2.45. The molecular weight excluding hydrogens is 365 g/mol. The fourth-order valence-electron chi connectivity index (χ4n) is 4.42. The van der Waals surface area contributed by atoms with Gasteiger partial charge in [-0.3, -0.25) is 0 Å². The number of halogens is 2. The van der Waals surface area contributed by atoms with Crippen LogP contribution in [0.3, 0.4) is 0 Å². The number of hydrogen-bond donors (Lipinski definition) is 1. The molecule has 2 nitrogen and oxygen atoms in total. The zero-order valence-electron chi connectivity index (χ0n) is 15.6. The molecule has 3 unspecified atom stereocenters. The van der Waals surface area contributed by atoms with Crippen molar-refractivity contribution in [3.63, 3.8) is 0 Å². The van der Waals surface area contributed by atoms with Crippen LogP contribution in [-0.2, 0) is 6.42 Å². The predicted octanol–water partition coefficient (Wildman–Crippen LogP) is 5.53. The Balaban J connectivity index is 0.00000243. The second-order valence-corrected chi connectivity index (χ2v) is 8.01. The van der Waals surface area contributed by atoms with Gasteiger partial charge >= 0.3 is 0 Å². The lowest BCUT2D eigenvalue weighted by atomic mass is 9.67. The molecule has 1 aliphatic rings. The molecule has 26 heavy (non-hydrogen) atoms. The van der Waals surface area contributed by atoms with Gasteiger partial charge in [0, 0.05) is 23.4 Å². The number of hydrogen-bond acceptors (Lipinski definition) is 2. The summed E-state index contributed by atoms with van der Waals surface area (Å²) < 4.78 is 0. The molecule has 0 saturated heterocycles. The standard InChI is InChI=1S/C22H28ClNO.ClH/c1-24(2)21(18-11-13-19(23)14-12-18)20-10-6-7-15-22(20,25)16-17-8-4-3-5-9-17;/h3-5,8-9,11-14,20-21,25H,6-7,10,15-16H2,1-2H3;1H. The average molecular weight is 394 g/mol. The van der Waals surface area contributed by atoms with Gasteiger partial charge in [0.2, 0.25) is 0 Å². The summed E-state index contributed by atoms with van der Waals surface area (Å²) in [6.45, 7) is 0. The van der Waals surface area contributed by atoms with Gasteiger partial charge in [-0.1, -0.05) is 66.9 Å². The molecule has 0 amide bonds. The predicted molar refractivity (Wildman–Crippen MR) is 112 cm³/mol. The van der Waals surface area contributed by atoms with Gasteiger partial charge in [0.25, 0.3) is 0 Å². The Labute approximate surface area is 168 Å². The molecule has 1 fully saturated rings. The minimum absolute atomic E-state index is 0. The molecule has 0 aliphatic heterocycles. The van der Waals surface area contributed by atoms with Crippen LogP contribution in [0.1, 0.15) is 42.9 Å². The van der Waals surface area contributed by atoms with Crippen LogP contribution in [-0.4, -0.2) is 29.7 Å². The minimum atomic E-state index is -0.672. The first kappa shape index (κ1) is 21.2. The first-order chi connectivity index (χ1) is 12.0. The quantitative estimate of drug-likeness (QED) is 0.721. The third kappa shape index (κ3) is 4.80.